The van der Waals surface area contributed by atoms with Crippen molar-refractivity contribution in [3.63, 3.8) is 0 Å². The number of hydrogen-bond donors (Lipinski definition) is 2. The van der Waals surface area contributed by atoms with E-state index in [9.17, 15) is 14.9 Å². The zero-order chi connectivity index (χ0) is 16.5. The first kappa shape index (κ1) is 17.0. The number of nitrogens with two attached hydrogens (primary N) is 1. The number of nitrogens with zero attached hydrogens (tertiary/aromatic N) is 1. The Morgan fingerprint density at radius 2 is 2.23 bits per heavy atom. The van der Waals surface area contributed by atoms with Gasteiger partial charge >= 0.3 is 0 Å². The van der Waals surface area contributed by atoms with Gasteiger partial charge in [-0.05, 0) is 19.1 Å². The van der Waals surface area contributed by atoms with Crippen LogP contribution in [0.25, 0.3) is 0 Å². The van der Waals surface area contributed by atoms with Gasteiger partial charge in [-0.25, -0.2) is 0 Å². The van der Waals surface area contributed by atoms with Crippen molar-refractivity contribution in [1.82, 2.24) is 5.32 Å². The van der Waals surface area contributed by atoms with Crippen LogP contribution in [0.3, 0.4) is 0 Å². The second-order valence-corrected chi connectivity index (χ2v) is 4.36. The summed E-state index contributed by atoms with van der Waals surface area (Å²) in [4.78, 5) is 20.9. The molecule has 0 spiro atoms. The summed E-state index contributed by atoms with van der Waals surface area (Å²) in [5.41, 5.74) is 7.23. The first-order valence-corrected chi connectivity index (χ1v) is 6.57. The van der Waals surface area contributed by atoms with E-state index < -0.39 is 4.92 Å². The summed E-state index contributed by atoms with van der Waals surface area (Å²) in [6, 6.07) is 4.17. The Morgan fingerprint density at radius 3 is 2.77 bits per heavy atom. The van der Waals surface area contributed by atoms with Crippen molar-refractivity contribution in [1.29, 1.82) is 0 Å². The zero-order valence-corrected chi connectivity index (χ0v) is 12.4. The van der Waals surface area contributed by atoms with Crippen LogP contribution >= 0.6 is 0 Å². The van der Waals surface area contributed by atoms with Gasteiger partial charge < -0.3 is 11.1 Å². The molecule has 1 aromatic rings. The SMILES string of the molecule is C/C=C(C#Cc1ccc([N+](=O)[O-])cc1N)\C=C/CNC(C)=O. The molecule has 0 aliphatic carbocycles. The molecule has 1 amide bonds. The van der Waals surface area contributed by atoms with E-state index in [1.165, 1.54) is 25.1 Å². The van der Waals surface area contributed by atoms with Crippen molar-refractivity contribution < 1.29 is 9.72 Å². The number of benzene rings is 1. The monoisotopic (exact) mass is 299 g/mol. The fourth-order valence-corrected chi connectivity index (χ4v) is 1.52. The molecule has 22 heavy (non-hydrogen) atoms. The number of nitro benzene ring substituents is 1. The Kier molecular flexibility index (Phi) is 6.38. The summed E-state index contributed by atoms with van der Waals surface area (Å²) >= 11 is 0. The molecule has 0 saturated carbocycles. The van der Waals surface area contributed by atoms with E-state index in [1.54, 1.807) is 12.2 Å². The average Bonchev–Trinajstić information content (AvgIpc) is 2.47. The van der Waals surface area contributed by atoms with Crippen LogP contribution in [-0.4, -0.2) is 17.4 Å². The molecule has 0 fully saturated rings. The predicted molar refractivity (Wildman–Crippen MR) is 86.0 cm³/mol. The number of allylic oxidation sites excluding steroid dienone is 3. The lowest BCUT2D eigenvalue weighted by atomic mass is 10.1. The van der Waals surface area contributed by atoms with Gasteiger partial charge in [0.05, 0.1) is 10.6 Å². The van der Waals surface area contributed by atoms with Crippen molar-refractivity contribution in [2.75, 3.05) is 12.3 Å². The highest BCUT2D eigenvalue weighted by atomic mass is 16.6. The van der Waals surface area contributed by atoms with Crippen LogP contribution in [-0.2, 0) is 4.79 Å². The molecule has 0 aliphatic heterocycles. The smallest absolute Gasteiger partial charge is 0.271 e. The van der Waals surface area contributed by atoms with E-state index in [0.717, 1.165) is 5.57 Å². The molecule has 0 aliphatic rings. The molecule has 3 N–H and O–H groups in total. The number of carbonyl (C=O) groups is 1. The maximum atomic E-state index is 10.7. The van der Waals surface area contributed by atoms with Gasteiger partial charge in [0.15, 0.2) is 0 Å². The maximum Gasteiger partial charge on any atom is 0.271 e. The Balaban J connectivity index is 2.83. The molecule has 0 atom stereocenters. The molecule has 1 rings (SSSR count). The van der Waals surface area contributed by atoms with Gasteiger partial charge in [0.2, 0.25) is 5.91 Å². The summed E-state index contributed by atoms with van der Waals surface area (Å²) in [5.74, 6) is 5.70. The van der Waals surface area contributed by atoms with Crippen LogP contribution in [0.1, 0.15) is 19.4 Å². The predicted octanol–water partition coefficient (Wildman–Crippen LogP) is 2.17. The third-order valence-corrected chi connectivity index (χ3v) is 2.66. The molecule has 0 radical (unpaired) electrons. The van der Waals surface area contributed by atoms with Gasteiger partial charge in [-0.1, -0.05) is 24.0 Å². The number of nitrogens with one attached hydrogen (secondary N) is 1. The molecule has 0 bridgehead atoms. The molecular formula is C16H17N3O3. The lowest BCUT2D eigenvalue weighted by molar-refractivity contribution is -0.384. The first-order chi connectivity index (χ1) is 10.4. The fraction of sp³-hybridized carbons (Fsp3) is 0.188. The van der Waals surface area contributed by atoms with Crippen molar-refractivity contribution >= 4 is 17.3 Å². The Morgan fingerprint density at radius 1 is 1.50 bits per heavy atom. The molecule has 114 valence electrons. The van der Waals surface area contributed by atoms with Crippen LogP contribution in [0.15, 0.2) is 42.0 Å². The van der Waals surface area contributed by atoms with Crippen LogP contribution in [0.5, 0.6) is 0 Å². The first-order valence-electron chi connectivity index (χ1n) is 6.57. The highest BCUT2D eigenvalue weighted by Crippen LogP contribution is 2.18. The summed E-state index contributed by atoms with van der Waals surface area (Å²) in [6.07, 6.45) is 5.38. The van der Waals surface area contributed by atoms with Crippen LogP contribution in [0, 0.1) is 22.0 Å². The van der Waals surface area contributed by atoms with Crippen molar-refractivity contribution in [3.8, 4) is 11.8 Å². The standard InChI is InChI=1S/C16H17N3O3/c1-3-13(5-4-10-18-12(2)20)6-7-14-8-9-15(19(21)22)11-16(14)17/h3-5,8-9,11H,10,17H2,1-2H3,(H,18,20)/b5-4-,13-3+. The summed E-state index contributed by atoms with van der Waals surface area (Å²) in [6.45, 7) is 3.71. The Hall–Kier alpha value is -3.07. The molecule has 0 saturated heterocycles. The highest BCUT2D eigenvalue weighted by molar-refractivity contribution is 5.73. The van der Waals surface area contributed by atoms with E-state index in [2.05, 4.69) is 17.2 Å². The van der Waals surface area contributed by atoms with Crippen molar-refractivity contribution in [2.24, 2.45) is 0 Å². The zero-order valence-electron chi connectivity index (χ0n) is 12.4. The molecule has 0 heterocycles. The molecule has 6 nitrogen and oxygen atoms in total. The van der Waals surface area contributed by atoms with Gasteiger partial charge in [-0.15, -0.1) is 0 Å². The molecule has 0 unspecified atom stereocenters. The number of rotatable bonds is 4. The minimum atomic E-state index is -0.504. The van der Waals surface area contributed by atoms with Gasteiger partial charge in [0.25, 0.3) is 5.69 Å². The highest BCUT2D eigenvalue weighted by Gasteiger charge is 2.06. The van der Waals surface area contributed by atoms with Crippen LogP contribution < -0.4 is 11.1 Å². The van der Waals surface area contributed by atoms with Crippen molar-refractivity contribution in [3.05, 3.63) is 57.7 Å². The maximum absolute atomic E-state index is 10.7. The summed E-state index contributed by atoms with van der Waals surface area (Å²) in [7, 11) is 0. The largest absolute Gasteiger partial charge is 0.398 e. The normalized spacial score (nSPS) is 10.9. The minimum absolute atomic E-state index is 0.0653. The minimum Gasteiger partial charge on any atom is -0.398 e. The van der Waals surface area contributed by atoms with E-state index in [1.807, 2.05) is 13.0 Å². The number of hydrogen-bond acceptors (Lipinski definition) is 4. The lowest BCUT2D eigenvalue weighted by Gasteiger charge is -1.98. The lowest BCUT2D eigenvalue weighted by Crippen LogP contribution is -2.19. The second-order valence-electron chi connectivity index (χ2n) is 4.36. The van der Waals surface area contributed by atoms with Gasteiger partial charge in [-0.2, -0.15) is 0 Å². The van der Waals surface area contributed by atoms with E-state index in [0.29, 0.717) is 12.1 Å². The average molecular weight is 299 g/mol. The van der Waals surface area contributed by atoms with E-state index in [-0.39, 0.29) is 17.3 Å². The Labute approximate surface area is 128 Å². The molecule has 6 heteroatoms. The summed E-state index contributed by atoms with van der Waals surface area (Å²) in [5, 5.41) is 13.3. The topological polar surface area (TPSA) is 98.3 Å². The van der Waals surface area contributed by atoms with E-state index in [4.69, 9.17) is 5.73 Å². The third kappa shape index (κ3) is 5.51. The van der Waals surface area contributed by atoms with Gasteiger partial charge in [-0.3, -0.25) is 14.9 Å². The number of anilines is 1. The number of nitrogen functional groups attached to an aromatic ring is 1. The van der Waals surface area contributed by atoms with Crippen LogP contribution in [0.2, 0.25) is 0 Å². The quantitative estimate of drug-likeness (QED) is 0.292. The third-order valence-electron chi connectivity index (χ3n) is 2.66. The summed E-state index contributed by atoms with van der Waals surface area (Å²) < 4.78 is 0. The molecular weight excluding hydrogens is 282 g/mol. The fourth-order valence-electron chi connectivity index (χ4n) is 1.52. The number of non-ortho nitro benzene ring substituents is 1. The van der Waals surface area contributed by atoms with Gasteiger partial charge in [0, 0.05) is 36.7 Å². The molecule has 1 aromatic carbocycles. The van der Waals surface area contributed by atoms with Crippen LogP contribution in [0.4, 0.5) is 11.4 Å². The number of carbonyl (C=O) groups excluding carboxylic acids is 1. The Bertz CT molecular complexity index is 694. The van der Waals surface area contributed by atoms with E-state index >= 15 is 0 Å². The van der Waals surface area contributed by atoms with Gasteiger partial charge in [0.1, 0.15) is 0 Å². The van der Waals surface area contributed by atoms with Crippen molar-refractivity contribution in [2.45, 2.75) is 13.8 Å². The number of amides is 1. The second kappa shape index (κ2) is 8.27. The molecule has 0 aromatic heterocycles. The number of nitro groups is 1.